The maximum Gasteiger partial charge on any atom is 0.185 e. The second kappa shape index (κ2) is 7.87. The van der Waals surface area contributed by atoms with Crippen LogP contribution in [0, 0.1) is 0 Å². The summed E-state index contributed by atoms with van der Waals surface area (Å²) >= 11 is 0. The van der Waals surface area contributed by atoms with Crippen LogP contribution in [0.3, 0.4) is 0 Å². The maximum absolute atomic E-state index is 10.3. The summed E-state index contributed by atoms with van der Waals surface area (Å²) in [4.78, 5) is 4.63. The fraction of sp³-hybridized carbons (Fsp3) is 0.238. The highest BCUT2D eigenvalue weighted by Gasteiger charge is 2.20. The normalized spacial score (nSPS) is 12.0. The van der Waals surface area contributed by atoms with Gasteiger partial charge in [-0.2, -0.15) is 5.10 Å². The third-order valence-electron chi connectivity index (χ3n) is 4.37. The van der Waals surface area contributed by atoms with E-state index in [0.29, 0.717) is 22.8 Å². The first-order valence-electron chi connectivity index (χ1n) is 8.76. The van der Waals surface area contributed by atoms with Crippen LogP contribution >= 0.6 is 0 Å². The number of nitrogens with zero attached hydrogens (tertiary/aromatic N) is 3. The molecule has 0 saturated carbocycles. The first-order chi connectivity index (χ1) is 12.6. The Labute approximate surface area is 153 Å². The van der Waals surface area contributed by atoms with Crippen LogP contribution in [0.2, 0.25) is 0 Å². The Morgan fingerprint density at radius 3 is 2.27 bits per heavy atom. The SMILES string of the molecule is C=CCCCC(C)n1nc(-c2ccccc2O)nc1-c1ccccc1O. The molecule has 2 aromatic carbocycles. The zero-order valence-corrected chi connectivity index (χ0v) is 14.8. The quantitative estimate of drug-likeness (QED) is 0.468. The summed E-state index contributed by atoms with van der Waals surface area (Å²) in [6.45, 7) is 5.84. The average molecular weight is 349 g/mol. The van der Waals surface area contributed by atoms with Gasteiger partial charge in [0, 0.05) is 0 Å². The van der Waals surface area contributed by atoms with E-state index in [1.54, 1.807) is 30.3 Å². The van der Waals surface area contributed by atoms with Crippen molar-refractivity contribution in [1.82, 2.24) is 14.8 Å². The molecule has 2 N–H and O–H groups in total. The number of allylic oxidation sites excluding steroid dienone is 1. The lowest BCUT2D eigenvalue weighted by atomic mass is 10.1. The van der Waals surface area contributed by atoms with E-state index in [1.807, 2.05) is 29.0 Å². The molecule has 26 heavy (non-hydrogen) atoms. The number of hydrogen-bond donors (Lipinski definition) is 2. The monoisotopic (exact) mass is 349 g/mol. The summed E-state index contributed by atoms with van der Waals surface area (Å²) in [6, 6.07) is 14.2. The number of phenols is 2. The fourth-order valence-electron chi connectivity index (χ4n) is 2.93. The van der Waals surface area contributed by atoms with Gasteiger partial charge in [-0.25, -0.2) is 9.67 Å². The molecule has 1 atom stereocenters. The lowest BCUT2D eigenvalue weighted by molar-refractivity contribution is 0.447. The molecule has 1 unspecified atom stereocenters. The smallest absolute Gasteiger partial charge is 0.185 e. The summed E-state index contributed by atoms with van der Waals surface area (Å²) in [7, 11) is 0. The number of rotatable bonds is 7. The van der Waals surface area contributed by atoms with Gasteiger partial charge in [-0.3, -0.25) is 0 Å². The van der Waals surface area contributed by atoms with E-state index in [9.17, 15) is 10.2 Å². The van der Waals surface area contributed by atoms with Crippen molar-refractivity contribution >= 4 is 0 Å². The maximum atomic E-state index is 10.3. The van der Waals surface area contributed by atoms with Gasteiger partial charge in [-0.05, 0) is 50.5 Å². The van der Waals surface area contributed by atoms with Crippen LogP contribution in [-0.4, -0.2) is 25.0 Å². The third-order valence-corrected chi connectivity index (χ3v) is 4.37. The van der Waals surface area contributed by atoms with Gasteiger partial charge in [0.15, 0.2) is 11.6 Å². The van der Waals surface area contributed by atoms with Crippen LogP contribution in [0.4, 0.5) is 0 Å². The third kappa shape index (κ3) is 3.61. The van der Waals surface area contributed by atoms with Gasteiger partial charge in [-0.1, -0.05) is 30.3 Å². The molecule has 5 nitrogen and oxygen atoms in total. The summed E-state index contributed by atoms with van der Waals surface area (Å²) < 4.78 is 1.83. The minimum atomic E-state index is 0.0941. The summed E-state index contributed by atoms with van der Waals surface area (Å²) in [5, 5.41) is 25.1. The second-order valence-corrected chi connectivity index (χ2v) is 6.31. The predicted octanol–water partition coefficient (Wildman–Crippen LogP) is 4.94. The molecule has 1 heterocycles. The van der Waals surface area contributed by atoms with E-state index in [0.717, 1.165) is 19.3 Å². The number of phenolic OH excluding ortho intramolecular Hbond substituents is 2. The van der Waals surface area contributed by atoms with Crippen molar-refractivity contribution in [2.24, 2.45) is 0 Å². The molecule has 0 bridgehead atoms. The highest BCUT2D eigenvalue weighted by atomic mass is 16.3. The van der Waals surface area contributed by atoms with Crippen molar-refractivity contribution in [1.29, 1.82) is 0 Å². The minimum Gasteiger partial charge on any atom is -0.507 e. The Bertz CT molecular complexity index is 902. The first-order valence-corrected chi connectivity index (χ1v) is 8.76. The van der Waals surface area contributed by atoms with Gasteiger partial charge in [0.25, 0.3) is 0 Å². The molecule has 0 aliphatic carbocycles. The number of aromatic nitrogens is 3. The van der Waals surface area contributed by atoms with E-state index in [1.165, 1.54) is 0 Å². The van der Waals surface area contributed by atoms with Gasteiger partial charge in [-0.15, -0.1) is 6.58 Å². The summed E-state index contributed by atoms with van der Waals surface area (Å²) in [5.74, 6) is 1.32. The number of hydrogen-bond acceptors (Lipinski definition) is 4. The molecule has 5 heteroatoms. The minimum absolute atomic E-state index is 0.0941. The van der Waals surface area contributed by atoms with E-state index >= 15 is 0 Å². The van der Waals surface area contributed by atoms with Crippen LogP contribution in [-0.2, 0) is 0 Å². The van der Waals surface area contributed by atoms with Crippen LogP contribution in [0.1, 0.15) is 32.2 Å². The molecule has 1 aromatic heterocycles. The molecular weight excluding hydrogens is 326 g/mol. The van der Waals surface area contributed by atoms with Gasteiger partial charge >= 0.3 is 0 Å². The number of para-hydroxylation sites is 2. The van der Waals surface area contributed by atoms with Crippen molar-refractivity contribution < 1.29 is 10.2 Å². The van der Waals surface area contributed by atoms with E-state index in [2.05, 4.69) is 23.6 Å². The molecule has 0 spiro atoms. The molecule has 0 fully saturated rings. The molecule has 0 amide bonds. The highest BCUT2D eigenvalue weighted by molar-refractivity contribution is 5.69. The first kappa shape index (κ1) is 17.7. The molecule has 0 radical (unpaired) electrons. The zero-order chi connectivity index (χ0) is 18.5. The van der Waals surface area contributed by atoms with Gasteiger partial charge in [0.05, 0.1) is 17.2 Å². The van der Waals surface area contributed by atoms with E-state index < -0.39 is 0 Å². The molecule has 0 saturated heterocycles. The lowest BCUT2D eigenvalue weighted by Gasteiger charge is -2.14. The Morgan fingerprint density at radius 1 is 1.04 bits per heavy atom. The Hall–Kier alpha value is -3.08. The van der Waals surface area contributed by atoms with Crippen molar-refractivity contribution in [3.63, 3.8) is 0 Å². The predicted molar refractivity (Wildman–Crippen MR) is 103 cm³/mol. The Morgan fingerprint density at radius 2 is 1.65 bits per heavy atom. The number of benzene rings is 2. The largest absolute Gasteiger partial charge is 0.507 e. The van der Waals surface area contributed by atoms with Crippen LogP contribution < -0.4 is 0 Å². The fourth-order valence-corrected chi connectivity index (χ4v) is 2.93. The van der Waals surface area contributed by atoms with Crippen LogP contribution in [0.15, 0.2) is 61.2 Å². The standard InChI is InChI=1S/C21H23N3O2/c1-3-4-5-10-15(2)24-21(17-12-7-9-14-19(17)26)22-20(23-24)16-11-6-8-13-18(16)25/h3,6-9,11-15,25-26H,1,4-5,10H2,2H3. The van der Waals surface area contributed by atoms with Crippen molar-refractivity contribution in [3.8, 4) is 34.3 Å². The Balaban J connectivity index is 2.07. The van der Waals surface area contributed by atoms with Crippen LogP contribution in [0.5, 0.6) is 11.5 Å². The summed E-state index contributed by atoms with van der Waals surface area (Å²) in [5.41, 5.74) is 1.19. The van der Waals surface area contributed by atoms with Gasteiger partial charge in [0.1, 0.15) is 11.5 Å². The molecule has 3 rings (SSSR count). The van der Waals surface area contributed by atoms with Crippen LogP contribution in [0.25, 0.3) is 22.8 Å². The topological polar surface area (TPSA) is 71.2 Å². The molecular formula is C21H23N3O2. The second-order valence-electron chi connectivity index (χ2n) is 6.31. The molecule has 3 aromatic rings. The molecule has 134 valence electrons. The average Bonchev–Trinajstić information content (AvgIpc) is 3.07. The molecule has 0 aliphatic heterocycles. The van der Waals surface area contributed by atoms with E-state index in [-0.39, 0.29) is 17.5 Å². The zero-order valence-electron chi connectivity index (χ0n) is 14.8. The van der Waals surface area contributed by atoms with Gasteiger partial charge in [0.2, 0.25) is 0 Å². The van der Waals surface area contributed by atoms with Crippen molar-refractivity contribution in [3.05, 3.63) is 61.2 Å². The summed E-state index contributed by atoms with van der Waals surface area (Å²) in [6.07, 6.45) is 4.76. The lowest BCUT2D eigenvalue weighted by Crippen LogP contribution is -2.09. The molecule has 0 aliphatic rings. The van der Waals surface area contributed by atoms with Crippen molar-refractivity contribution in [2.75, 3.05) is 0 Å². The highest BCUT2D eigenvalue weighted by Crippen LogP contribution is 2.34. The number of unbranched alkanes of at least 4 members (excludes halogenated alkanes) is 1. The van der Waals surface area contributed by atoms with Gasteiger partial charge < -0.3 is 10.2 Å². The van der Waals surface area contributed by atoms with E-state index in [4.69, 9.17) is 0 Å². The Kier molecular flexibility index (Phi) is 5.37. The van der Waals surface area contributed by atoms with Crippen molar-refractivity contribution in [2.45, 2.75) is 32.2 Å². The number of aromatic hydroxyl groups is 2.